The smallest absolute Gasteiger partial charge is 0.744 e. The second-order valence-electron chi connectivity index (χ2n) is 2.21. The Morgan fingerprint density at radius 3 is 1.86 bits per heavy atom. The average molecular weight is 335 g/mol. The van der Waals surface area contributed by atoms with Gasteiger partial charge in [0.05, 0.1) is 9.82 Å². The van der Waals surface area contributed by atoms with Crippen molar-refractivity contribution >= 4 is 15.8 Å². The molecule has 6 nitrogen and oxygen atoms in total. The van der Waals surface area contributed by atoms with Crippen LogP contribution in [0.5, 0.6) is 0 Å². The third kappa shape index (κ3) is 3.98. The van der Waals surface area contributed by atoms with Crippen LogP contribution in [0.2, 0.25) is 0 Å². The molecule has 0 N–H and O–H groups in total. The van der Waals surface area contributed by atoms with E-state index in [1.807, 2.05) is 0 Å². The fraction of sp³-hybridized carbons (Fsp3) is 0. The zero-order valence-electron chi connectivity index (χ0n) is 7.21. The molecule has 8 heteroatoms. The number of benzene rings is 1. The van der Waals surface area contributed by atoms with Gasteiger partial charge in [-0.15, -0.1) is 0 Å². The van der Waals surface area contributed by atoms with Gasteiger partial charge in [-0.3, -0.25) is 10.1 Å². The summed E-state index contributed by atoms with van der Waals surface area (Å²) in [5.41, 5.74) is -0.257. The molecular weight excluding hydrogens is 331 g/mol. The molecule has 1 rings (SSSR count). The molecule has 0 fully saturated rings. The Morgan fingerprint density at radius 1 is 1.14 bits per heavy atom. The van der Waals surface area contributed by atoms with Gasteiger partial charge in [0.15, 0.2) is 0 Å². The van der Waals surface area contributed by atoms with Crippen LogP contribution in [0.4, 0.5) is 5.69 Å². The van der Waals surface area contributed by atoms with Crippen LogP contribution in [0.3, 0.4) is 0 Å². The minimum atomic E-state index is -4.52. The van der Waals surface area contributed by atoms with Gasteiger partial charge in [-0.05, 0) is 12.1 Å². The Hall–Kier alpha value is 0.582. The van der Waals surface area contributed by atoms with Crippen LogP contribution >= 0.6 is 0 Å². The molecule has 0 atom stereocenters. The summed E-state index contributed by atoms with van der Waals surface area (Å²) in [7, 11) is -4.52. The van der Waals surface area contributed by atoms with E-state index in [0.29, 0.717) is 0 Å². The molecule has 0 aromatic heterocycles. The van der Waals surface area contributed by atoms with Crippen molar-refractivity contribution in [3.8, 4) is 0 Å². The van der Waals surface area contributed by atoms with E-state index in [1.54, 1.807) is 0 Å². The molecule has 0 aliphatic rings. The standard InChI is InChI=1S/C6H5NO5S.Cs/c8-7(9)5-1-3-6(4-2-5)13(10,11)12;/h1-4H,(H,10,11,12);/q;+1/p-1. The van der Waals surface area contributed by atoms with E-state index in [-0.39, 0.29) is 74.6 Å². The largest absolute Gasteiger partial charge is 1.00 e. The van der Waals surface area contributed by atoms with Gasteiger partial charge in [0.25, 0.3) is 5.69 Å². The van der Waals surface area contributed by atoms with Gasteiger partial charge in [-0.2, -0.15) is 0 Å². The summed E-state index contributed by atoms with van der Waals surface area (Å²) in [5.74, 6) is 0. The van der Waals surface area contributed by atoms with Gasteiger partial charge in [-0.1, -0.05) is 0 Å². The van der Waals surface area contributed by atoms with E-state index in [2.05, 4.69) is 0 Å². The average Bonchev–Trinajstić information content (AvgIpc) is 2.03. The number of nitro benzene ring substituents is 1. The summed E-state index contributed by atoms with van der Waals surface area (Å²) in [6.07, 6.45) is 0. The van der Waals surface area contributed by atoms with Crippen molar-refractivity contribution in [3.63, 3.8) is 0 Å². The van der Waals surface area contributed by atoms with Gasteiger partial charge in [-0.25, -0.2) is 8.42 Å². The first-order chi connectivity index (χ1) is 5.91. The summed E-state index contributed by atoms with van der Waals surface area (Å²) in [6.45, 7) is 0. The minimum absolute atomic E-state index is 0. The predicted molar refractivity (Wildman–Crippen MR) is 41.1 cm³/mol. The molecule has 0 unspecified atom stereocenters. The maximum absolute atomic E-state index is 10.4. The molecular formula is C6H4CsNO5S. The first kappa shape index (κ1) is 14.6. The summed E-state index contributed by atoms with van der Waals surface area (Å²) in [4.78, 5) is 8.99. The quantitative estimate of drug-likeness (QED) is 0.338. The van der Waals surface area contributed by atoms with Gasteiger partial charge in [0, 0.05) is 12.1 Å². The van der Waals surface area contributed by atoms with Crippen LogP contribution in [0.25, 0.3) is 0 Å². The molecule has 1 aromatic rings. The van der Waals surface area contributed by atoms with E-state index in [9.17, 15) is 23.1 Å². The summed E-state index contributed by atoms with van der Waals surface area (Å²) >= 11 is 0. The normalized spacial score (nSPS) is 10.4. The molecule has 0 bridgehead atoms. The zero-order chi connectivity index (χ0) is 10.1. The molecule has 0 aliphatic carbocycles. The van der Waals surface area contributed by atoms with Crippen LogP contribution in [0.15, 0.2) is 29.2 Å². The van der Waals surface area contributed by atoms with Crippen LogP contribution in [-0.4, -0.2) is 17.9 Å². The molecule has 0 heterocycles. The number of rotatable bonds is 2. The van der Waals surface area contributed by atoms with Crippen LogP contribution in [-0.2, 0) is 10.1 Å². The number of hydrogen-bond donors (Lipinski definition) is 0. The molecule has 14 heavy (non-hydrogen) atoms. The molecule has 0 saturated heterocycles. The number of nitro groups is 1. The second kappa shape index (κ2) is 5.61. The van der Waals surface area contributed by atoms with Crippen LogP contribution in [0, 0.1) is 10.1 Å². The number of non-ortho nitro benzene ring substituents is 1. The Kier molecular flexibility index (Phi) is 5.84. The third-order valence-corrected chi connectivity index (χ3v) is 2.19. The van der Waals surface area contributed by atoms with Crippen molar-refractivity contribution in [1.29, 1.82) is 0 Å². The monoisotopic (exact) mass is 335 g/mol. The van der Waals surface area contributed by atoms with Crippen LogP contribution in [0.1, 0.15) is 0 Å². The maximum Gasteiger partial charge on any atom is 1.00 e. The van der Waals surface area contributed by atoms with Crippen molar-refractivity contribution < 1.29 is 86.8 Å². The molecule has 0 spiro atoms. The fourth-order valence-electron chi connectivity index (χ4n) is 0.735. The summed E-state index contributed by atoms with van der Waals surface area (Å²) in [6, 6.07) is 3.73. The molecule has 0 aliphatic heterocycles. The van der Waals surface area contributed by atoms with Gasteiger partial charge in [0.1, 0.15) is 10.1 Å². The van der Waals surface area contributed by atoms with Gasteiger partial charge < -0.3 is 4.55 Å². The van der Waals surface area contributed by atoms with Crippen molar-refractivity contribution in [2.45, 2.75) is 4.90 Å². The van der Waals surface area contributed by atoms with E-state index in [0.717, 1.165) is 24.3 Å². The summed E-state index contributed by atoms with van der Waals surface area (Å²) < 4.78 is 31.2. The van der Waals surface area contributed by atoms with E-state index in [1.165, 1.54) is 0 Å². The third-order valence-electron chi connectivity index (χ3n) is 1.34. The Bertz CT molecular complexity index is 426. The molecule has 1 aromatic carbocycles. The topological polar surface area (TPSA) is 100 Å². The first-order valence-electron chi connectivity index (χ1n) is 3.11. The second-order valence-corrected chi connectivity index (χ2v) is 3.58. The molecule has 0 radical (unpaired) electrons. The summed E-state index contributed by atoms with van der Waals surface area (Å²) in [5, 5.41) is 10.1. The Morgan fingerprint density at radius 2 is 1.57 bits per heavy atom. The minimum Gasteiger partial charge on any atom is -0.744 e. The van der Waals surface area contributed by atoms with Gasteiger partial charge in [0.2, 0.25) is 0 Å². The fourth-order valence-corrected chi connectivity index (χ4v) is 1.20. The molecule has 70 valence electrons. The van der Waals surface area contributed by atoms with Crippen molar-refractivity contribution in [2.24, 2.45) is 0 Å². The van der Waals surface area contributed by atoms with E-state index in [4.69, 9.17) is 0 Å². The van der Waals surface area contributed by atoms with Crippen molar-refractivity contribution in [1.82, 2.24) is 0 Å². The van der Waals surface area contributed by atoms with Crippen molar-refractivity contribution in [2.75, 3.05) is 0 Å². The first-order valence-corrected chi connectivity index (χ1v) is 4.52. The van der Waals surface area contributed by atoms with Gasteiger partial charge >= 0.3 is 68.9 Å². The Labute approximate surface area is 139 Å². The predicted octanol–water partition coefficient (Wildman–Crippen LogP) is -2.50. The Balaban J connectivity index is 0.00000169. The zero-order valence-corrected chi connectivity index (χ0v) is 14.3. The van der Waals surface area contributed by atoms with Crippen LogP contribution < -0.4 is 68.9 Å². The number of hydrogen-bond acceptors (Lipinski definition) is 5. The number of nitrogens with zero attached hydrogens (tertiary/aromatic N) is 1. The molecule has 0 saturated carbocycles. The maximum atomic E-state index is 10.4. The van der Waals surface area contributed by atoms with Crippen molar-refractivity contribution in [3.05, 3.63) is 34.4 Å². The SMILES string of the molecule is O=[N+]([O-])c1ccc(S(=O)(=O)[O-])cc1.[Cs+]. The molecule has 0 amide bonds. The van der Waals surface area contributed by atoms with E-state index < -0.39 is 19.9 Å². The van der Waals surface area contributed by atoms with E-state index >= 15 is 0 Å².